The minimum atomic E-state index is -0.292. The first-order valence-electron chi connectivity index (χ1n) is 8.83. The monoisotopic (exact) mass is 320 g/mol. The van der Waals surface area contributed by atoms with Crippen molar-refractivity contribution < 1.29 is 9.53 Å². The van der Waals surface area contributed by atoms with Crippen molar-refractivity contribution >= 4 is 6.09 Å². The zero-order chi connectivity index (χ0) is 16.6. The van der Waals surface area contributed by atoms with E-state index in [1.54, 1.807) is 0 Å². The van der Waals surface area contributed by atoms with E-state index in [1.165, 1.54) is 11.4 Å². The van der Waals surface area contributed by atoms with Crippen LogP contribution in [0, 0.1) is 17.8 Å². The van der Waals surface area contributed by atoms with Crippen LogP contribution in [0.25, 0.3) is 0 Å². The number of alkyl carbamates (subject to hydrolysis) is 1. The molecule has 0 spiro atoms. The molecule has 2 aliphatic rings. The SMILES string of the molecule is CC(C)NC(=O)OCC1[C@H]2CCc3nnn(C(C)C)c3CC[C@@H]12. The molecule has 1 aromatic heterocycles. The quantitative estimate of drug-likeness (QED) is 0.926. The Morgan fingerprint density at radius 3 is 2.61 bits per heavy atom. The van der Waals surface area contributed by atoms with E-state index >= 15 is 0 Å². The van der Waals surface area contributed by atoms with Crippen LogP contribution in [0.4, 0.5) is 4.79 Å². The van der Waals surface area contributed by atoms with Crippen LogP contribution in [-0.4, -0.2) is 33.7 Å². The summed E-state index contributed by atoms with van der Waals surface area (Å²) in [5, 5.41) is 11.5. The van der Waals surface area contributed by atoms with E-state index in [0.29, 0.717) is 30.4 Å². The second-order valence-electron chi connectivity index (χ2n) is 7.49. The van der Waals surface area contributed by atoms with Crippen LogP contribution in [-0.2, 0) is 17.6 Å². The highest BCUT2D eigenvalue weighted by Gasteiger charge is 2.50. The maximum absolute atomic E-state index is 11.6. The lowest BCUT2D eigenvalue weighted by Gasteiger charge is -2.12. The molecule has 1 N–H and O–H groups in total. The van der Waals surface area contributed by atoms with E-state index in [1.807, 2.05) is 13.8 Å². The number of carbonyl (C=O) groups is 1. The van der Waals surface area contributed by atoms with E-state index in [9.17, 15) is 4.79 Å². The van der Waals surface area contributed by atoms with Gasteiger partial charge in [-0.05, 0) is 71.1 Å². The van der Waals surface area contributed by atoms with Crippen LogP contribution in [0.2, 0.25) is 0 Å². The fourth-order valence-electron chi connectivity index (χ4n) is 3.90. The topological polar surface area (TPSA) is 69.0 Å². The predicted molar refractivity (Wildman–Crippen MR) is 87.1 cm³/mol. The number of amides is 1. The third-order valence-electron chi connectivity index (χ3n) is 5.11. The number of hydrogen-bond donors (Lipinski definition) is 1. The molecular formula is C17H28N4O2. The number of nitrogens with one attached hydrogen (secondary N) is 1. The lowest BCUT2D eigenvalue weighted by atomic mass is 10.0. The Morgan fingerprint density at radius 1 is 1.26 bits per heavy atom. The van der Waals surface area contributed by atoms with Crippen molar-refractivity contribution in [1.82, 2.24) is 20.3 Å². The largest absolute Gasteiger partial charge is 0.449 e. The van der Waals surface area contributed by atoms with Gasteiger partial charge in [0, 0.05) is 12.1 Å². The van der Waals surface area contributed by atoms with Gasteiger partial charge >= 0.3 is 6.09 Å². The van der Waals surface area contributed by atoms with Crippen molar-refractivity contribution in [3.8, 4) is 0 Å². The van der Waals surface area contributed by atoms with Gasteiger partial charge in [-0.25, -0.2) is 9.48 Å². The zero-order valence-electron chi connectivity index (χ0n) is 14.6. The van der Waals surface area contributed by atoms with Gasteiger partial charge in [-0.3, -0.25) is 0 Å². The predicted octanol–water partition coefficient (Wildman–Crippen LogP) is 2.73. The third kappa shape index (κ3) is 3.51. The summed E-state index contributed by atoms with van der Waals surface area (Å²) in [6, 6.07) is 0.481. The fraction of sp³-hybridized carbons (Fsp3) is 0.824. The lowest BCUT2D eigenvalue weighted by Crippen LogP contribution is -2.31. The molecule has 0 saturated heterocycles. The number of rotatable bonds is 4. The Balaban J connectivity index is 1.55. The summed E-state index contributed by atoms with van der Waals surface area (Å²) in [5.41, 5.74) is 2.48. The molecule has 1 fully saturated rings. The molecule has 2 aliphatic carbocycles. The van der Waals surface area contributed by atoms with Crippen molar-refractivity contribution in [3.63, 3.8) is 0 Å². The Morgan fingerprint density at radius 2 is 1.96 bits per heavy atom. The number of hydrogen-bond acceptors (Lipinski definition) is 4. The maximum atomic E-state index is 11.6. The Bertz CT molecular complexity index is 567. The third-order valence-corrected chi connectivity index (χ3v) is 5.11. The molecular weight excluding hydrogens is 292 g/mol. The van der Waals surface area contributed by atoms with Crippen LogP contribution in [0.15, 0.2) is 0 Å². The molecule has 1 heterocycles. The Kier molecular flexibility index (Phi) is 4.60. The van der Waals surface area contributed by atoms with E-state index in [4.69, 9.17) is 4.74 Å². The first kappa shape index (κ1) is 16.3. The molecule has 6 heteroatoms. The molecule has 128 valence electrons. The summed E-state index contributed by atoms with van der Waals surface area (Å²) in [6.45, 7) is 8.73. The van der Waals surface area contributed by atoms with Crippen LogP contribution in [0.5, 0.6) is 0 Å². The van der Waals surface area contributed by atoms with Gasteiger partial charge in [-0.15, -0.1) is 5.10 Å². The summed E-state index contributed by atoms with van der Waals surface area (Å²) in [6.07, 6.45) is 4.03. The number of aryl methyl sites for hydroxylation is 1. The summed E-state index contributed by atoms with van der Waals surface area (Å²) < 4.78 is 7.46. The Labute approximate surface area is 138 Å². The van der Waals surface area contributed by atoms with E-state index in [2.05, 4.69) is 34.2 Å². The molecule has 3 atom stereocenters. The fourth-order valence-corrected chi connectivity index (χ4v) is 3.90. The van der Waals surface area contributed by atoms with Crippen molar-refractivity contribution in [1.29, 1.82) is 0 Å². The van der Waals surface area contributed by atoms with Gasteiger partial charge in [0.25, 0.3) is 0 Å². The second-order valence-corrected chi connectivity index (χ2v) is 7.49. The van der Waals surface area contributed by atoms with Gasteiger partial charge in [0.05, 0.1) is 18.0 Å². The molecule has 1 amide bonds. The lowest BCUT2D eigenvalue weighted by molar-refractivity contribution is 0.135. The number of carbonyl (C=O) groups excluding carboxylic acids is 1. The van der Waals surface area contributed by atoms with Gasteiger partial charge < -0.3 is 10.1 Å². The highest BCUT2D eigenvalue weighted by molar-refractivity contribution is 5.67. The number of aromatic nitrogens is 3. The van der Waals surface area contributed by atoms with Gasteiger partial charge in [0.2, 0.25) is 0 Å². The molecule has 1 aromatic rings. The first-order valence-corrected chi connectivity index (χ1v) is 8.83. The normalized spacial score (nSPS) is 26.3. The van der Waals surface area contributed by atoms with E-state index < -0.39 is 0 Å². The molecule has 3 rings (SSSR count). The second kappa shape index (κ2) is 6.49. The summed E-state index contributed by atoms with van der Waals surface area (Å²) in [7, 11) is 0. The molecule has 0 radical (unpaired) electrons. The molecule has 1 saturated carbocycles. The minimum Gasteiger partial charge on any atom is -0.449 e. The zero-order valence-corrected chi connectivity index (χ0v) is 14.6. The minimum absolute atomic E-state index is 0.120. The Hall–Kier alpha value is -1.59. The maximum Gasteiger partial charge on any atom is 0.407 e. The van der Waals surface area contributed by atoms with Crippen molar-refractivity contribution in [3.05, 3.63) is 11.4 Å². The van der Waals surface area contributed by atoms with Crippen molar-refractivity contribution in [2.75, 3.05) is 6.61 Å². The smallest absolute Gasteiger partial charge is 0.407 e. The molecule has 1 unspecified atom stereocenters. The van der Waals surface area contributed by atoms with Gasteiger partial charge in [0.1, 0.15) is 0 Å². The van der Waals surface area contributed by atoms with Crippen LogP contribution < -0.4 is 5.32 Å². The van der Waals surface area contributed by atoms with Crippen molar-refractivity contribution in [2.45, 2.75) is 65.5 Å². The molecule has 23 heavy (non-hydrogen) atoms. The number of nitrogens with zero attached hydrogens (tertiary/aromatic N) is 3. The highest BCUT2D eigenvalue weighted by atomic mass is 16.5. The highest BCUT2D eigenvalue weighted by Crippen LogP contribution is 2.52. The average Bonchev–Trinajstić information content (AvgIpc) is 2.93. The first-order chi connectivity index (χ1) is 11.0. The molecule has 6 nitrogen and oxygen atoms in total. The summed E-state index contributed by atoms with van der Waals surface area (Å²) in [4.78, 5) is 11.6. The number of fused-ring (bicyclic) bond motifs is 2. The van der Waals surface area contributed by atoms with Crippen LogP contribution >= 0.6 is 0 Å². The molecule has 0 aliphatic heterocycles. The molecule has 0 aromatic carbocycles. The summed E-state index contributed by atoms with van der Waals surface area (Å²) >= 11 is 0. The van der Waals surface area contributed by atoms with E-state index in [-0.39, 0.29) is 12.1 Å². The van der Waals surface area contributed by atoms with E-state index in [0.717, 1.165) is 25.7 Å². The van der Waals surface area contributed by atoms with Crippen molar-refractivity contribution in [2.24, 2.45) is 17.8 Å². The van der Waals surface area contributed by atoms with Crippen LogP contribution in [0.3, 0.4) is 0 Å². The number of ether oxygens (including phenoxy) is 1. The summed E-state index contributed by atoms with van der Waals surface area (Å²) in [5.74, 6) is 1.89. The molecule has 0 bridgehead atoms. The van der Waals surface area contributed by atoms with Gasteiger partial charge in [0.15, 0.2) is 0 Å². The van der Waals surface area contributed by atoms with Gasteiger partial charge in [-0.1, -0.05) is 5.21 Å². The standard InChI is InChI=1S/C17H28N4O2/c1-10(2)18-17(22)23-9-14-12-5-7-15-16(8-6-13(12)14)21(11(3)4)20-19-15/h10-14H,5-9H2,1-4H3,(H,18,22)/t12-,13+,14?/m0/s1. The van der Waals surface area contributed by atoms with Crippen LogP contribution in [0.1, 0.15) is 58.0 Å². The average molecular weight is 320 g/mol. The van der Waals surface area contributed by atoms with Gasteiger partial charge in [-0.2, -0.15) is 0 Å².